The second-order valence-electron chi connectivity index (χ2n) is 3.13. The highest BCUT2D eigenvalue weighted by Gasteiger charge is 2.12. The summed E-state index contributed by atoms with van der Waals surface area (Å²) in [4.78, 5) is 10.1. The molecule has 5 heteroatoms. The van der Waals surface area contributed by atoms with Gasteiger partial charge in [-0.05, 0) is 30.2 Å². The zero-order chi connectivity index (χ0) is 10.6. The highest BCUT2D eigenvalue weighted by atomic mass is 32.1. The average molecular weight is 214 g/mol. The zero-order valence-corrected chi connectivity index (χ0v) is 9.19. The Morgan fingerprint density at radius 3 is 2.86 bits per heavy atom. The molecule has 0 saturated heterocycles. The van der Waals surface area contributed by atoms with Gasteiger partial charge in [0.15, 0.2) is 0 Å². The van der Waals surface area contributed by atoms with Crippen LogP contribution in [0.5, 0.6) is 0 Å². The van der Waals surface area contributed by atoms with Crippen LogP contribution in [-0.4, -0.2) is 11.5 Å². The largest absolute Gasteiger partial charge is 0.377 e. The summed E-state index contributed by atoms with van der Waals surface area (Å²) in [7, 11) is 0. The Kier molecular flexibility index (Phi) is 3.88. The summed E-state index contributed by atoms with van der Waals surface area (Å²) in [5, 5.41) is 14.8. The maximum atomic E-state index is 10.5. The van der Waals surface area contributed by atoms with E-state index in [1.807, 2.05) is 6.92 Å². The second-order valence-corrected chi connectivity index (χ2v) is 4.16. The summed E-state index contributed by atoms with van der Waals surface area (Å²) in [5.74, 6) is 0. The smallest absolute Gasteiger partial charge is 0.326 e. The van der Waals surface area contributed by atoms with Gasteiger partial charge in [-0.1, -0.05) is 13.3 Å². The van der Waals surface area contributed by atoms with Crippen molar-refractivity contribution in [2.45, 2.75) is 26.7 Å². The van der Waals surface area contributed by atoms with Gasteiger partial charge in [0.25, 0.3) is 0 Å². The molecule has 0 fully saturated rings. The zero-order valence-electron chi connectivity index (χ0n) is 8.37. The molecule has 1 rings (SSSR count). The van der Waals surface area contributed by atoms with Crippen LogP contribution < -0.4 is 5.32 Å². The molecule has 0 spiro atoms. The lowest BCUT2D eigenvalue weighted by Gasteiger charge is -2.01. The van der Waals surface area contributed by atoms with Crippen molar-refractivity contribution < 1.29 is 4.92 Å². The molecule has 0 unspecified atom stereocenters. The van der Waals surface area contributed by atoms with Gasteiger partial charge in [0, 0.05) is 12.6 Å². The maximum absolute atomic E-state index is 10.5. The van der Waals surface area contributed by atoms with E-state index < -0.39 is 0 Å². The van der Waals surface area contributed by atoms with Crippen molar-refractivity contribution in [1.29, 1.82) is 0 Å². The number of aryl methyl sites for hydroxylation is 1. The Balaban J connectivity index is 2.63. The molecule has 0 aliphatic heterocycles. The van der Waals surface area contributed by atoms with Crippen molar-refractivity contribution in [3.05, 3.63) is 21.7 Å². The maximum Gasteiger partial charge on any atom is 0.326 e. The number of anilines is 1. The molecule has 0 aliphatic rings. The predicted molar refractivity (Wildman–Crippen MR) is 59.1 cm³/mol. The van der Waals surface area contributed by atoms with Crippen molar-refractivity contribution in [3.63, 3.8) is 0 Å². The van der Waals surface area contributed by atoms with Crippen molar-refractivity contribution >= 4 is 21.3 Å². The van der Waals surface area contributed by atoms with Gasteiger partial charge < -0.3 is 5.32 Å². The number of rotatable bonds is 5. The van der Waals surface area contributed by atoms with E-state index in [0.717, 1.165) is 30.0 Å². The highest BCUT2D eigenvalue weighted by Crippen LogP contribution is 2.32. The van der Waals surface area contributed by atoms with Gasteiger partial charge in [0.2, 0.25) is 0 Å². The molecular weight excluding hydrogens is 200 g/mol. The fourth-order valence-corrected chi connectivity index (χ4v) is 2.02. The molecule has 1 aromatic rings. The van der Waals surface area contributed by atoms with E-state index in [4.69, 9.17) is 0 Å². The number of hydrogen-bond donors (Lipinski definition) is 1. The molecule has 0 atom stereocenters. The number of nitrogens with zero attached hydrogens (tertiary/aromatic N) is 1. The van der Waals surface area contributed by atoms with E-state index in [9.17, 15) is 10.1 Å². The first-order valence-electron chi connectivity index (χ1n) is 4.64. The van der Waals surface area contributed by atoms with Crippen LogP contribution in [0.1, 0.15) is 25.3 Å². The normalized spacial score (nSPS) is 10.1. The molecule has 78 valence electrons. The monoisotopic (exact) mass is 214 g/mol. The lowest BCUT2D eigenvalue weighted by molar-refractivity contribution is -0.380. The van der Waals surface area contributed by atoms with E-state index in [1.165, 1.54) is 11.3 Å². The standard InChI is InChI=1S/C9H14N2O2S/c1-3-4-5-10-9-7(2)6-8(14-9)11(12)13/h6,10H,3-5H2,1-2H3. The molecule has 0 saturated carbocycles. The molecule has 1 heterocycles. The van der Waals surface area contributed by atoms with Crippen molar-refractivity contribution in [3.8, 4) is 0 Å². The molecule has 1 aromatic heterocycles. The van der Waals surface area contributed by atoms with Gasteiger partial charge in [0.05, 0.1) is 9.92 Å². The van der Waals surface area contributed by atoms with Gasteiger partial charge in [-0.3, -0.25) is 10.1 Å². The van der Waals surface area contributed by atoms with Crippen LogP contribution in [-0.2, 0) is 0 Å². The summed E-state index contributed by atoms with van der Waals surface area (Å²) in [6.45, 7) is 4.89. The van der Waals surface area contributed by atoms with Crippen molar-refractivity contribution in [2.24, 2.45) is 0 Å². The number of hydrogen-bond acceptors (Lipinski definition) is 4. The Morgan fingerprint density at radius 2 is 2.36 bits per heavy atom. The van der Waals surface area contributed by atoms with Crippen LogP contribution in [0, 0.1) is 17.0 Å². The van der Waals surface area contributed by atoms with Crippen LogP contribution in [0.4, 0.5) is 10.0 Å². The molecule has 1 N–H and O–H groups in total. The number of nitrogens with one attached hydrogen (secondary N) is 1. The molecule has 0 aliphatic carbocycles. The second kappa shape index (κ2) is 4.95. The van der Waals surface area contributed by atoms with Gasteiger partial charge in [-0.2, -0.15) is 0 Å². The number of nitro groups is 1. The lowest BCUT2D eigenvalue weighted by atomic mass is 10.3. The third-order valence-electron chi connectivity index (χ3n) is 1.90. The van der Waals surface area contributed by atoms with Gasteiger partial charge >= 0.3 is 5.00 Å². The SMILES string of the molecule is CCCCNc1sc([N+](=O)[O-])cc1C. The molecule has 0 radical (unpaired) electrons. The molecule has 0 bridgehead atoms. The fraction of sp³-hybridized carbons (Fsp3) is 0.556. The first kappa shape index (κ1) is 11.0. The van der Waals surface area contributed by atoms with Gasteiger partial charge in [-0.25, -0.2) is 0 Å². The molecule has 14 heavy (non-hydrogen) atoms. The first-order chi connectivity index (χ1) is 6.65. The van der Waals surface area contributed by atoms with Crippen LogP contribution in [0.2, 0.25) is 0 Å². The Bertz CT molecular complexity index is 323. The van der Waals surface area contributed by atoms with E-state index in [-0.39, 0.29) is 9.92 Å². The number of thiophene rings is 1. The molecule has 4 nitrogen and oxygen atoms in total. The third-order valence-corrected chi connectivity index (χ3v) is 3.05. The minimum atomic E-state index is -0.345. The minimum Gasteiger partial charge on any atom is -0.377 e. The Labute approximate surface area is 87.1 Å². The molecule has 0 aromatic carbocycles. The molecular formula is C9H14N2O2S. The fourth-order valence-electron chi connectivity index (χ4n) is 1.11. The summed E-state index contributed by atoms with van der Waals surface area (Å²) in [6.07, 6.45) is 2.21. The van der Waals surface area contributed by atoms with E-state index in [1.54, 1.807) is 6.07 Å². The molecule has 0 amide bonds. The Hall–Kier alpha value is -1.10. The summed E-state index contributed by atoms with van der Waals surface area (Å²) >= 11 is 1.21. The van der Waals surface area contributed by atoms with Crippen LogP contribution in [0.15, 0.2) is 6.07 Å². The minimum absolute atomic E-state index is 0.210. The lowest BCUT2D eigenvalue weighted by Crippen LogP contribution is -1.99. The summed E-state index contributed by atoms with van der Waals surface area (Å²) < 4.78 is 0. The van der Waals surface area contributed by atoms with Crippen molar-refractivity contribution in [2.75, 3.05) is 11.9 Å². The van der Waals surface area contributed by atoms with Crippen molar-refractivity contribution in [1.82, 2.24) is 0 Å². The predicted octanol–water partition coefficient (Wildman–Crippen LogP) is 3.18. The third kappa shape index (κ3) is 2.70. The van der Waals surface area contributed by atoms with Crippen LogP contribution >= 0.6 is 11.3 Å². The Morgan fingerprint density at radius 1 is 1.64 bits per heavy atom. The summed E-state index contributed by atoms with van der Waals surface area (Å²) in [6, 6.07) is 1.61. The van der Waals surface area contributed by atoms with E-state index >= 15 is 0 Å². The van der Waals surface area contributed by atoms with E-state index in [2.05, 4.69) is 12.2 Å². The summed E-state index contributed by atoms with van der Waals surface area (Å²) in [5.41, 5.74) is 0.956. The van der Waals surface area contributed by atoms with Gasteiger partial charge in [0.1, 0.15) is 0 Å². The first-order valence-corrected chi connectivity index (χ1v) is 5.45. The van der Waals surface area contributed by atoms with Crippen LogP contribution in [0.25, 0.3) is 0 Å². The highest BCUT2D eigenvalue weighted by molar-refractivity contribution is 7.19. The van der Waals surface area contributed by atoms with Gasteiger partial charge in [-0.15, -0.1) is 0 Å². The quantitative estimate of drug-likeness (QED) is 0.465. The van der Waals surface area contributed by atoms with E-state index in [0.29, 0.717) is 0 Å². The number of unbranched alkanes of at least 4 members (excludes halogenated alkanes) is 1. The average Bonchev–Trinajstić information content (AvgIpc) is 2.49. The van der Waals surface area contributed by atoms with Crippen LogP contribution in [0.3, 0.4) is 0 Å². The topological polar surface area (TPSA) is 55.2 Å².